The van der Waals surface area contributed by atoms with Crippen molar-refractivity contribution in [2.45, 2.75) is 13.3 Å². The molecule has 0 N–H and O–H groups in total. The van der Waals surface area contributed by atoms with E-state index in [1.165, 1.54) is 22.1 Å². The maximum Gasteiger partial charge on any atom is 0.136 e. The van der Waals surface area contributed by atoms with E-state index in [0.29, 0.717) is 0 Å². The molecule has 0 spiro atoms. The molecule has 252 valence electrons. The number of allylic oxidation sites excluding steroid dienone is 2. The van der Waals surface area contributed by atoms with Gasteiger partial charge in [-0.15, -0.1) is 0 Å². The minimum Gasteiger partial charge on any atom is -0.456 e. The van der Waals surface area contributed by atoms with Gasteiger partial charge >= 0.3 is 0 Å². The molecular weight excluding hydrogens is 643 g/mol. The Kier molecular flexibility index (Phi) is 8.34. The van der Waals surface area contributed by atoms with Crippen molar-refractivity contribution in [3.05, 3.63) is 205 Å². The number of hydrogen-bond donors (Lipinski definition) is 0. The third kappa shape index (κ3) is 6.05. The van der Waals surface area contributed by atoms with Gasteiger partial charge in [-0.1, -0.05) is 171 Å². The number of hydrogen-bond acceptors (Lipinski definition) is 2. The highest BCUT2D eigenvalue weighted by atomic mass is 16.3. The van der Waals surface area contributed by atoms with Gasteiger partial charge in [-0.05, 0) is 85.6 Å². The number of rotatable bonds is 8. The molecular formula is C51H37NO. The molecule has 0 atom stereocenters. The first-order valence-electron chi connectivity index (χ1n) is 18.2. The van der Waals surface area contributed by atoms with E-state index >= 15 is 0 Å². The van der Waals surface area contributed by atoms with Gasteiger partial charge < -0.3 is 4.42 Å². The molecule has 0 saturated heterocycles. The average molecular weight is 680 g/mol. The lowest BCUT2D eigenvalue weighted by molar-refractivity contribution is 0.669. The van der Waals surface area contributed by atoms with Gasteiger partial charge in [0.05, 0.1) is 5.70 Å². The molecule has 0 aliphatic carbocycles. The quantitative estimate of drug-likeness (QED) is 0.116. The van der Waals surface area contributed by atoms with E-state index in [2.05, 4.69) is 177 Å². The van der Waals surface area contributed by atoms with Crippen LogP contribution in [0.4, 0.5) is 0 Å². The smallest absolute Gasteiger partial charge is 0.136 e. The molecule has 2 nitrogen and oxygen atoms in total. The summed E-state index contributed by atoms with van der Waals surface area (Å²) in [4.78, 5) is 5.52. The van der Waals surface area contributed by atoms with E-state index in [1.807, 2.05) is 18.2 Å². The fraction of sp³-hybridized carbons (Fsp3) is 0.0392. The molecule has 1 aromatic heterocycles. The second kappa shape index (κ2) is 13.7. The van der Waals surface area contributed by atoms with Crippen molar-refractivity contribution in [3.8, 4) is 22.3 Å². The van der Waals surface area contributed by atoms with Crippen molar-refractivity contribution in [2.24, 2.45) is 4.99 Å². The van der Waals surface area contributed by atoms with Crippen LogP contribution in [0.2, 0.25) is 0 Å². The Labute approximate surface area is 309 Å². The minimum absolute atomic E-state index is 0.735. The van der Waals surface area contributed by atoms with Crippen molar-refractivity contribution in [1.82, 2.24) is 0 Å². The summed E-state index contributed by atoms with van der Waals surface area (Å²) in [6, 6.07) is 62.0. The lowest BCUT2D eigenvalue weighted by Gasteiger charge is -2.14. The third-order valence-electron chi connectivity index (χ3n) is 10.2. The zero-order valence-corrected chi connectivity index (χ0v) is 29.6. The third-order valence-corrected chi connectivity index (χ3v) is 10.2. The highest BCUT2D eigenvalue weighted by Gasteiger charge is 2.18. The molecule has 2 heteroatoms. The van der Waals surface area contributed by atoms with Crippen molar-refractivity contribution in [1.29, 1.82) is 0 Å². The van der Waals surface area contributed by atoms with Crippen LogP contribution < -0.4 is 0 Å². The predicted molar refractivity (Wildman–Crippen MR) is 226 cm³/mol. The molecule has 0 bridgehead atoms. The predicted octanol–water partition coefficient (Wildman–Crippen LogP) is 14.2. The van der Waals surface area contributed by atoms with Gasteiger partial charge in [-0.25, -0.2) is 0 Å². The van der Waals surface area contributed by atoms with Crippen LogP contribution in [-0.2, 0) is 0 Å². The maximum absolute atomic E-state index is 6.65. The van der Waals surface area contributed by atoms with Gasteiger partial charge in [0.25, 0.3) is 0 Å². The molecule has 0 radical (unpaired) electrons. The molecule has 0 fully saturated rings. The minimum atomic E-state index is 0.735. The summed E-state index contributed by atoms with van der Waals surface area (Å²) in [5, 5.41) is 6.87. The summed E-state index contributed by atoms with van der Waals surface area (Å²) in [5.74, 6) is 0. The Balaban J connectivity index is 1.19. The van der Waals surface area contributed by atoms with Crippen molar-refractivity contribution in [3.63, 3.8) is 0 Å². The van der Waals surface area contributed by atoms with E-state index in [0.717, 1.165) is 83.8 Å². The molecule has 9 aromatic rings. The summed E-state index contributed by atoms with van der Waals surface area (Å²) in [6.07, 6.45) is 2.86. The van der Waals surface area contributed by atoms with Crippen LogP contribution in [-0.4, -0.2) is 5.71 Å². The van der Waals surface area contributed by atoms with Crippen molar-refractivity contribution in [2.75, 3.05) is 0 Å². The molecule has 1 heterocycles. The Hall–Kier alpha value is -6.77. The summed E-state index contributed by atoms with van der Waals surface area (Å²) in [6.45, 7) is 6.66. The van der Waals surface area contributed by atoms with Gasteiger partial charge in [0.1, 0.15) is 11.2 Å². The highest BCUT2D eigenvalue weighted by molar-refractivity contribution is 6.25. The first-order chi connectivity index (χ1) is 26.1. The maximum atomic E-state index is 6.65. The monoisotopic (exact) mass is 679 g/mol. The molecule has 0 saturated carbocycles. The second-order valence-corrected chi connectivity index (χ2v) is 13.5. The lowest BCUT2D eigenvalue weighted by atomic mass is 9.94. The SMILES string of the molecule is C=C(/C=C(\N=C(CC)c1cc2oc3ccc(-c4ccc(-c5ccccc5)cc4)cc3c2c2ccccc12)c1cccc2ccccc12)c1ccccc1. The van der Waals surface area contributed by atoms with Crippen LogP contribution in [0.1, 0.15) is 30.0 Å². The molecule has 0 aliphatic heterocycles. The van der Waals surface area contributed by atoms with E-state index < -0.39 is 0 Å². The van der Waals surface area contributed by atoms with Crippen LogP contribution in [0.25, 0.3) is 77.0 Å². The van der Waals surface area contributed by atoms with Crippen LogP contribution in [0, 0.1) is 0 Å². The molecule has 9 rings (SSSR count). The number of fused-ring (bicyclic) bond motifs is 6. The molecule has 0 aliphatic rings. The van der Waals surface area contributed by atoms with Crippen molar-refractivity contribution < 1.29 is 4.42 Å². The van der Waals surface area contributed by atoms with E-state index in [-0.39, 0.29) is 0 Å². The van der Waals surface area contributed by atoms with Crippen LogP contribution in [0.5, 0.6) is 0 Å². The summed E-state index contributed by atoms with van der Waals surface area (Å²) < 4.78 is 6.65. The molecule has 0 unspecified atom stereocenters. The molecule has 8 aromatic carbocycles. The Morgan fingerprint density at radius 3 is 1.89 bits per heavy atom. The first kappa shape index (κ1) is 32.2. The van der Waals surface area contributed by atoms with Gasteiger partial charge in [0.2, 0.25) is 0 Å². The number of nitrogens with zero attached hydrogens (tertiary/aromatic N) is 1. The van der Waals surface area contributed by atoms with Crippen LogP contribution >= 0.6 is 0 Å². The Morgan fingerprint density at radius 1 is 0.528 bits per heavy atom. The lowest BCUT2D eigenvalue weighted by Crippen LogP contribution is -2.02. The summed E-state index contributed by atoms with van der Waals surface area (Å²) in [5.41, 5.74) is 12.5. The van der Waals surface area contributed by atoms with Crippen LogP contribution in [0.3, 0.4) is 0 Å². The van der Waals surface area contributed by atoms with Gasteiger partial charge in [-0.2, -0.15) is 0 Å². The van der Waals surface area contributed by atoms with E-state index in [4.69, 9.17) is 9.41 Å². The highest BCUT2D eigenvalue weighted by Crippen LogP contribution is 2.40. The normalized spacial score (nSPS) is 12.2. The number of furan rings is 1. The van der Waals surface area contributed by atoms with Gasteiger partial charge in [-0.3, -0.25) is 4.99 Å². The Bertz CT molecular complexity index is 2850. The largest absolute Gasteiger partial charge is 0.456 e. The molecule has 0 amide bonds. The van der Waals surface area contributed by atoms with Gasteiger partial charge in [0, 0.05) is 27.6 Å². The van der Waals surface area contributed by atoms with Crippen molar-refractivity contribution >= 4 is 60.5 Å². The first-order valence-corrected chi connectivity index (χ1v) is 18.2. The topological polar surface area (TPSA) is 25.5 Å². The number of benzene rings is 8. The zero-order valence-electron chi connectivity index (χ0n) is 29.6. The standard InChI is InChI=1S/C51H37NO/c1-3-47(52-48(31-34(2)35-15-6-4-7-16-35)43-24-14-20-39-19-10-11-21-41(39)43)45-33-50-51(44-23-13-12-22-42(44)45)46-32-40(29-30-49(46)53-50)38-27-25-37(26-28-38)36-17-8-5-9-18-36/h4-33H,2-3H2,1H3/b48-31-,52-47?. The van der Waals surface area contributed by atoms with Crippen LogP contribution in [0.15, 0.2) is 198 Å². The summed E-state index contributed by atoms with van der Waals surface area (Å²) >= 11 is 0. The fourth-order valence-corrected chi connectivity index (χ4v) is 7.54. The zero-order chi connectivity index (χ0) is 35.7. The molecule has 53 heavy (non-hydrogen) atoms. The van der Waals surface area contributed by atoms with E-state index in [9.17, 15) is 0 Å². The van der Waals surface area contributed by atoms with E-state index in [1.54, 1.807) is 0 Å². The Morgan fingerprint density at radius 2 is 1.13 bits per heavy atom. The fourth-order valence-electron chi connectivity index (χ4n) is 7.54. The summed E-state index contributed by atoms with van der Waals surface area (Å²) in [7, 11) is 0. The van der Waals surface area contributed by atoms with Gasteiger partial charge in [0.15, 0.2) is 0 Å². The second-order valence-electron chi connectivity index (χ2n) is 13.5. The number of aliphatic imine (C=N–C) groups is 1. The average Bonchev–Trinajstić information content (AvgIpc) is 3.60.